The van der Waals surface area contributed by atoms with E-state index in [-0.39, 0.29) is 17.4 Å². The van der Waals surface area contributed by atoms with Gasteiger partial charge in [-0.1, -0.05) is 18.2 Å². The monoisotopic (exact) mass is 340 g/mol. The largest absolute Gasteiger partial charge is 0.488 e. The zero-order chi connectivity index (χ0) is 17.9. The number of pyridine rings is 1. The van der Waals surface area contributed by atoms with Gasteiger partial charge in [-0.3, -0.25) is 9.78 Å². The molecule has 25 heavy (non-hydrogen) atoms. The van der Waals surface area contributed by atoms with Crippen molar-refractivity contribution in [2.24, 2.45) is 0 Å². The van der Waals surface area contributed by atoms with E-state index in [9.17, 15) is 4.79 Å². The van der Waals surface area contributed by atoms with Crippen LogP contribution < -0.4 is 14.8 Å². The van der Waals surface area contributed by atoms with E-state index in [0.717, 1.165) is 29.0 Å². The lowest BCUT2D eigenvalue weighted by Crippen LogP contribution is -2.31. The van der Waals surface area contributed by atoms with Gasteiger partial charge in [0.2, 0.25) is 5.91 Å². The number of aromatic nitrogens is 1. The van der Waals surface area contributed by atoms with E-state index in [1.165, 1.54) is 0 Å². The number of nitrogens with one attached hydrogen (secondary N) is 1. The normalized spacial score (nSPS) is 15.8. The summed E-state index contributed by atoms with van der Waals surface area (Å²) >= 11 is 0. The maximum atomic E-state index is 12.2. The third kappa shape index (κ3) is 4.10. The molecule has 0 saturated carbocycles. The number of carbonyl (C=O) groups is 1. The van der Waals surface area contributed by atoms with Crippen molar-refractivity contribution in [3.63, 3.8) is 0 Å². The van der Waals surface area contributed by atoms with Crippen LogP contribution in [0.1, 0.15) is 37.8 Å². The third-order valence-corrected chi connectivity index (χ3v) is 4.29. The molecule has 1 atom stereocenters. The Morgan fingerprint density at radius 3 is 2.96 bits per heavy atom. The number of hydrogen-bond donors (Lipinski definition) is 1. The summed E-state index contributed by atoms with van der Waals surface area (Å²) in [4.78, 5) is 16.3. The molecule has 1 aromatic heterocycles. The minimum absolute atomic E-state index is 0.0349. The highest BCUT2D eigenvalue weighted by Gasteiger charge is 2.32. The van der Waals surface area contributed by atoms with E-state index in [0.29, 0.717) is 13.2 Å². The van der Waals surface area contributed by atoms with Crippen LogP contribution in [0.2, 0.25) is 0 Å². The van der Waals surface area contributed by atoms with E-state index in [1.807, 2.05) is 31.2 Å². The van der Waals surface area contributed by atoms with E-state index < -0.39 is 0 Å². The molecule has 1 aliphatic heterocycles. The van der Waals surface area contributed by atoms with E-state index >= 15 is 0 Å². The van der Waals surface area contributed by atoms with Crippen LogP contribution in [0.25, 0.3) is 0 Å². The van der Waals surface area contributed by atoms with Gasteiger partial charge < -0.3 is 14.8 Å². The van der Waals surface area contributed by atoms with Crippen molar-refractivity contribution in [3.8, 4) is 11.5 Å². The van der Waals surface area contributed by atoms with Crippen LogP contribution in [-0.2, 0) is 11.2 Å². The summed E-state index contributed by atoms with van der Waals surface area (Å²) in [7, 11) is 0. The summed E-state index contributed by atoms with van der Waals surface area (Å²) in [6.07, 6.45) is 4.29. The van der Waals surface area contributed by atoms with Crippen molar-refractivity contribution in [1.29, 1.82) is 0 Å². The highest BCUT2D eigenvalue weighted by Crippen LogP contribution is 2.41. The second-order valence-corrected chi connectivity index (χ2v) is 6.93. The van der Waals surface area contributed by atoms with Crippen LogP contribution in [0.3, 0.4) is 0 Å². The number of fused-ring (bicyclic) bond motifs is 1. The number of rotatable bonds is 6. The lowest BCUT2D eigenvalue weighted by molar-refractivity contribution is -0.122. The minimum atomic E-state index is -0.237. The van der Waals surface area contributed by atoms with Crippen molar-refractivity contribution in [3.05, 3.63) is 53.9 Å². The predicted octanol–water partition coefficient (Wildman–Crippen LogP) is 3.09. The first-order valence-corrected chi connectivity index (χ1v) is 8.57. The molecule has 2 heterocycles. The van der Waals surface area contributed by atoms with Gasteiger partial charge >= 0.3 is 0 Å². The third-order valence-electron chi connectivity index (χ3n) is 4.29. The first-order valence-electron chi connectivity index (χ1n) is 8.57. The Hall–Kier alpha value is -2.56. The number of carbonyl (C=O) groups excluding carboxylic acids is 1. The molecule has 5 heteroatoms. The Morgan fingerprint density at radius 2 is 2.20 bits per heavy atom. The molecule has 0 radical (unpaired) electrons. The van der Waals surface area contributed by atoms with Crippen molar-refractivity contribution in [1.82, 2.24) is 10.3 Å². The summed E-state index contributed by atoms with van der Waals surface area (Å²) < 4.78 is 11.8. The summed E-state index contributed by atoms with van der Waals surface area (Å²) in [5.41, 5.74) is 1.86. The Kier molecular flexibility index (Phi) is 4.93. The Bertz CT molecular complexity index is 744. The lowest BCUT2D eigenvalue weighted by atomic mass is 10.0. The minimum Gasteiger partial charge on any atom is -0.488 e. The Balaban J connectivity index is 1.50. The van der Waals surface area contributed by atoms with Crippen LogP contribution in [0.5, 0.6) is 11.5 Å². The molecule has 1 aromatic carbocycles. The molecule has 1 aliphatic rings. The maximum absolute atomic E-state index is 12.2. The van der Waals surface area contributed by atoms with Gasteiger partial charge in [-0.25, -0.2) is 0 Å². The number of nitrogens with zero attached hydrogens (tertiary/aromatic N) is 1. The van der Waals surface area contributed by atoms with Gasteiger partial charge in [0.05, 0.1) is 12.5 Å². The van der Waals surface area contributed by atoms with E-state index in [2.05, 4.69) is 30.2 Å². The zero-order valence-electron chi connectivity index (χ0n) is 14.9. The SMILES string of the molecule is CC(C(=O)NCCOc1cccc2c1OC(C)(C)C2)c1cccnc1. The average Bonchev–Trinajstić information content (AvgIpc) is 2.93. The molecule has 1 unspecified atom stereocenters. The standard InChI is InChI=1S/C20H24N2O3/c1-14(16-7-5-9-21-13-16)19(23)22-10-11-24-17-8-4-6-15-12-20(2,3)25-18(15)17/h4-9,13-14H,10-12H2,1-3H3,(H,22,23). The predicted molar refractivity (Wildman–Crippen MR) is 96.0 cm³/mol. The molecule has 1 amide bonds. The Labute approximate surface area is 148 Å². The fraction of sp³-hybridized carbons (Fsp3) is 0.400. The van der Waals surface area contributed by atoms with Crippen LogP contribution in [0.4, 0.5) is 0 Å². The molecule has 0 spiro atoms. The quantitative estimate of drug-likeness (QED) is 0.821. The van der Waals surface area contributed by atoms with Crippen LogP contribution >= 0.6 is 0 Å². The first kappa shape index (κ1) is 17.3. The summed E-state index contributed by atoms with van der Waals surface area (Å²) in [6, 6.07) is 9.68. The Morgan fingerprint density at radius 1 is 1.36 bits per heavy atom. The molecule has 5 nitrogen and oxygen atoms in total. The molecule has 0 bridgehead atoms. The number of ether oxygens (including phenoxy) is 2. The van der Waals surface area contributed by atoms with Crippen molar-refractivity contribution in [2.75, 3.05) is 13.2 Å². The van der Waals surface area contributed by atoms with E-state index in [1.54, 1.807) is 12.4 Å². The van der Waals surface area contributed by atoms with Gasteiger partial charge in [0.1, 0.15) is 12.2 Å². The van der Waals surface area contributed by atoms with Gasteiger partial charge in [-0.2, -0.15) is 0 Å². The zero-order valence-corrected chi connectivity index (χ0v) is 14.9. The fourth-order valence-electron chi connectivity index (χ4n) is 2.97. The molecule has 0 fully saturated rings. The van der Waals surface area contributed by atoms with Crippen LogP contribution in [-0.4, -0.2) is 29.6 Å². The smallest absolute Gasteiger partial charge is 0.227 e. The molecule has 0 saturated heterocycles. The summed E-state index contributed by atoms with van der Waals surface area (Å²) in [5, 5.41) is 2.90. The van der Waals surface area contributed by atoms with Crippen molar-refractivity contribution in [2.45, 2.75) is 38.7 Å². The van der Waals surface area contributed by atoms with Gasteiger partial charge in [0, 0.05) is 24.4 Å². The molecule has 1 N–H and O–H groups in total. The maximum Gasteiger partial charge on any atom is 0.227 e. The second kappa shape index (κ2) is 7.13. The topological polar surface area (TPSA) is 60.5 Å². The number of benzene rings is 1. The van der Waals surface area contributed by atoms with Crippen LogP contribution in [0.15, 0.2) is 42.7 Å². The van der Waals surface area contributed by atoms with Gasteiger partial charge in [-0.05, 0) is 38.5 Å². The molecule has 2 aromatic rings. The van der Waals surface area contributed by atoms with Crippen LogP contribution in [0, 0.1) is 0 Å². The number of hydrogen-bond acceptors (Lipinski definition) is 4. The summed E-state index contributed by atoms with van der Waals surface area (Å²) in [5.74, 6) is 1.28. The molecular weight excluding hydrogens is 316 g/mol. The number of amides is 1. The highest BCUT2D eigenvalue weighted by atomic mass is 16.5. The summed E-state index contributed by atoms with van der Waals surface area (Å²) in [6.45, 7) is 6.84. The van der Waals surface area contributed by atoms with Gasteiger partial charge in [0.15, 0.2) is 11.5 Å². The van der Waals surface area contributed by atoms with Crippen molar-refractivity contribution >= 4 is 5.91 Å². The first-order chi connectivity index (χ1) is 12.0. The molecule has 132 valence electrons. The average molecular weight is 340 g/mol. The number of para-hydroxylation sites is 1. The molecule has 3 rings (SSSR count). The van der Waals surface area contributed by atoms with Gasteiger partial charge in [0.25, 0.3) is 0 Å². The van der Waals surface area contributed by atoms with E-state index in [4.69, 9.17) is 9.47 Å². The van der Waals surface area contributed by atoms with Gasteiger partial charge in [-0.15, -0.1) is 0 Å². The lowest BCUT2D eigenvalue weighted by Gasteiger charge is -2.18. The molecular formula is C20H24N2O3. The highest BCUT2D eigenvalue weighted by molar-refractivity contribution is 5.83. The fourth-order valence-corrected chi connectivity index (χ4v) is 2.97. The molecule has 0 aliphatic carbocycles. The van der Waals surface area contributed by atoms with Crippen molar-refractivity contribution < 1.29 is 14.3 Å². The second-order valence-electron chi connectivity index (χ2n) is 6.93.